The van der Waals surface area contributed by atoms with E-state index in [9.17, 15) is 60.7 Å². The van der Waals surface area contributed by atoms with Gasteiger partial charge in [0.1, 0.15) is 0 Å². The lowest BCUT2D eigenvalue weighted by Crippen LogP contribution is -2.57. The van der Waals surface area contributed by atoms with Crippen molar-refractivity contribution in [1.29, 1.82) is 0 Å². The van der Waals surface area contributed by atoms with Crippen LogP contribution in [0.3, 0.4) is 0 Å². The fourth-order valence-electron chi connectivity index (χ4n) is 13.6. The highest BCUT2D eigenvalue weighted by Crippen LogP contribution is 2.99. The zero-order chi connectivity index (χ0) is 41.1. The Labute approximate surface area is 326 Å². The number of fused-ring (bicyclic) bond motifs is 6. The van der Waals surface area contributed by atoms with E-state index in [4.69, 9.17) is 0 Å². The summed E-state index contributed by atoms with van der Waals surface area (Å²) in [4.78, 5) is 72.8. The highest BCUT2D eigenvalue weighted by molar-refractivity contribution is 6.00. The Hall–Kier alpha value is -8.28. The topological polar surface area (TPSA) is 259 Å². The molecule has 18 heteroatoms. The van der Waals surface area contributed by atoms with Crippen LogP contribution in [0.5, 0.6) is 0 Å². The molecular formula is C41H18N6O12. The Kier molecular flexibility index (Phi) is 5.27. The molecule has 0 saturated heterocycles. The highest BCUT2D eigenvalue weighted by atomic mass is 16.6. The fourth-order valence-corrected chi connectivity index (χ4v) is 13.6. The average molecular weight is 787 g/mol. The molecule has 284 valence electrons. The van der Waals surface area contributed by atoms with E-state index < -0.39 is 62.3 Å². The van der Waals surface area contributed by atoms with E-state index in [2.05, 4.69) is 0 Å². The third-order valence-electron chi connectivity index (χ3n) is 14.4. The average Bonchev–Trinajstić information content (AvgIpc) is 3.92. The molecule has 0 aliphatic heterocycles. The number of benzene rings is 6. The van der Waals surface area contributed by atoms with E-state index >= 15 is 0 Å². The number of hydrogen-bond acceptors (Lipinski definition) is 12. The van der Waals surface area contributed by atoms with Crippen LogP contribution in [0.1, 0.15) is 66.8 Å². The van der Waals surface area contributed by atoms with Crippen molar-refractivity contribution in [2.45, 2.75) is 21.7 Å². The van der Waals surface area contributed by atoms with Gasteiger partial charge in [0.25, 0.3) is 34.1 Å². The molecule has 59 heavy (non-hydrogen) atoms. The SMILES string of the molecule is O=[N+]([O-])c1ccc2c(c1)[C@]13c4ccc([N+](=O)[O-])cc4[C@]45c6ccc([N+](=O)[O-])cc6[C@@]6(c7cc([N+](=O)[O-])ccc7[C@]2(c2ccc([N+](=O)[O-])cc24)C156)c1cc([N+](=O)[O-])ccc13. The Morgan fingerprint density at radius 2 is 0.407 bits per heavy atom. The van der Waals surface area contributed by atoms with Gasteiger partial charge in [-0.05, 0) is 66.8 Å². The van der Waals surface area contributed by atoms with Gasteiger partial charge < -0.3 is 0 Å². The zero-order valence-electron chi connectivity index (χ0n) is 29.5. The molecule has 0 saturated carbocycles. The first-order chi connectivity index (χ1) is 28.2. The minimum absolute atomic E-state index is 0.218. The Bertz CT molecular complexity index is 3260. The minimum atomic E-state index is -1.83. The Morgan fingerprint density at radius 3 is 0.593 bits per heavy atom. The number of nitro benzene ring substituents is 6. The van der Waals surface area contributed by atoms with Crippen LogP contribution in [0.4, 0.5) is 34.1 Å². The predicted octanol–water partition coefficient (Wildman–Crippen LogP) is 7.44. The van der Waals surface area contributed by atoms with Crippen LogP contribution in [0, 0.1) is 66.1 Å². The molecule has 6 aliphatic rings. The molecule has 0 radical (unpaired) electrons. The molecule has 18 nitrogen and oxygen atoms in total. The highest BCUT2D eigenvalue weighted by Gasteiger charge is 3.00. The summed E-state index contributed by atoms with van der Waals surface area (Å²) in [5.74, 6) is 0. The summed E-state index contributed by atoms with van der Waals surface area (Å²) in [6.07, 6.45) is 0. The molecule has 1 spiro atoms. The maximum absolute atomic E-state index is 12.7. The van der Waals surface area contributed by atoms with Crippen LogP contribution in [0.25, 0.3) is 0 Å². The monoisotopic (exact) mass is 786 g/mol. The van der Waals surface area contributed by atoms with Gasteiger partial charge in [-0.3, -0.25) is 60.7 Å². The summed E-state index contributed by atoms with van der Waals surface area (Å²) in [6, 6.07) is 25.4. The first-order valence-electron chi connectivity index (χ1n) is 18.0. The van der Waals surface area contributed by atoms with Crippen LogP contribution in [-0.2, 0) is 21.7 Å². The molecule has 0 N–H and O–H groups in total. The van der Waals surface area contributed by atoms with Gasteiger partial charge in [0, 0.05) is 78.2 Å². The predicted molar refractivity (Wildman–Crippen MR) is 201 cm³/mol. The van der Waals surface area contributed by atoms with Crippen molar-refractivity contribution in [3.63, 3.8) is 0 Å². The van der Waals surface area contributed by atoms with E-state index in [1.807, 2.05) is 0 Å². The van der Waals surface area contributed by atoms with Crippen LogP contribution >= 0.6 is 0 Å². The van der Waals surface area contributed by atoms with Crippen molar-refractivity contribution in [2.75, 3.05) is 0 Å². The van der Waals surface area contributed by atoms with Gasteiger partial charge in [-0.2, -0.15) is 0 Å². The second kappa shape index (κ2) is 9.46. The van der Waals surface area contributed by atoms with E-state index in [-0.39, 0.29) is 45.1 Å². The number of nitrogens with zero attached hydrogens (tertiary/aromatic N) is 6. The van der Waals surface area contributed by atoms with Crippen molar-refractivity contribution in [1.82, 2.24) is 0 Å². The normalized spacial score (nSPS) is 26.4. The molecule has 0 heterocycles. The molecular weight excluding hydrogens is 768 g/mol. The van der Waals surface area contributed by atoms with Crippen LogP contribution < -0.4 is 0 Å². The largest absolute Gasteiger partial charge is 0.269 e. The standard InChI is InChI=1S/C41H18N6O12/c48-42(49)19-1-7-25-31(13-19)38-28-10-4-21(44(52)53)15-33(28)39-30-12-6-24(47(58)59)18-36(30)40(35-17-23(46(56)57)5-11-29(35)38)34-16-22(45(54)55)3-9-27(34)37(25,41(38,39)40)26-8-2-20(43(50)51)14-32(26)39/h1-18H/t37-,38+,39-,40+,41?/m0/s1. The summed E-state index contributed by atoms with van der Waals surface area (Å²) in [5.41, 5.74) is -6.27. The smallest absolute Gasteiger partial charge is 0.258 e. The van der Waals surface area contributed by atoms with Crippen molar-refractivity contribution in [3.8, 4) is 0 Å². The van der Waals surface area contributed by atoms with Crippen LogP contribution in [0.15, 0.2) is 109 Å². The number of hydrogen-bond donors (Lipinski definition) is 0. The second-order valence-electron chi connectivity index (χ2n) is 15.7. The lowest BCUT2D eigenvalue weighted by Gasteiger charge is -2.51. The van der Waals surface area contributed by atoms with Gasteiger partial charge in [0.2, 0.25) is 0 Å². The fraction of sp³-hybridized carbons (Fsp3) is 0.122. The first-order valence-corrected chi connectivity index (χ1v) is 18.0. The van der Waals surface area contributed by atoms with Crippen molar-refractivity contribution >= 4 is 34.1 Å². The Morgan fingerprint density at radius 1 is 0.254 bits per heavy atom. The molecule has 6 aromatic rings. The van der Waals surface area contributed by atoms with Gasteiger partial charge in [0.15, 0.2) is 0 Å². The molecule has 0 fully saturated rings. The quantitative estimate of drug-likeness (QED) is 0.118. The van der Waals surface area contributed by atoms with Gasteiger partial charge in [-0.1, -0.05) is 36.4 Å². The number of non-ortho nitro benzene ring substituents is 6. The van der Waals surface area contributed by atoms with Gasteiger partial charge in [-0.25, -0.2) is 0 Å². The van der Waals surface area contributed by atoms with E-state index in [1.54, 1.807) is 24.3 Å². The van der Waals surface area contributed by atoms with Gasteiger partial charge >= 0.3 is 0 Å². The number of nitro groups is 6. The molecule has 1 unspecified atom stereocenters. The lowest BCUT2D eigenvalue weighted by atomic mass is 9.47. The third-order valence-corrected chi connectivity index (χ3v) is 14.4. The summed E-state index contributed by atoms with van der Waals surface area (Å²) in [7, 11) is 0. The molecule has 0 aromatic heterocycles. The summed E-state index contributed by atoms with van der Waals surface area (Å²) in [6.45, 7) is 0. The molecule has 0 bridgehead atoms. The maximum atomic E-state index is 12.7. The van der Waals surface area contributed by atoms with E-state index in [0.717, 1.165) is 0 Å². The molecule has 12 rings (SSSR count). The van der Waals surface area contributed by atoms with E-state index in [1.165, 1.54) is 84.9 Å². The summed E-state index contributed by atoms with van der Waals surface area (Å²) < 4.78 is 0. The Balaban J connectivity index is 1.48. The minimum Gasteiger partial charge on any atom is -0.258 e. The van der Waals surface area contributed by atoms with Crippen LogP contribution in [0.2, 0.25) is 0 Å². The molecule has 0 amide bonds. The first kappa shape index (κ1) is 32.9. The number of rotatable bonds is 6. The van der Waals surface area contributed by atoms with Crippen LogP contribution in [-0.4, -0.2) is 29.5 Å². The van der Waals surface area contributed by atoms with Crippen molar-refractivity contribution < 1.29 is 29.5 Å². The van der Waals surface area contributed by atoms with E-state index in [0.29, 0.717) is 50.1 Å². The van der Waals surface area contributed by atoms with Crippen molar-refractivity contribution in [2.24, 2.45) is 5.41 Å². The summed E-state index contributed by atoms with van der Waals surface area (Å²) >= 11 is 0. The van der Waals surface area contributed by atoms with Crippen molar-refractivity contribution in [3.05, 3.63) is 237 Å². The second-order valence-corrected chi connectivity index (χ2v) is 15.7. The summed E-state index contributed by atoms with van der Waals surface area (Å²) in [5, 5.41) is 76.4. The third kappa shape index (κ3) is 2.78. The maximum Gasteiger partial charge on any atom is 0.269 e. The molecule has 6 aromatic carbocycles. The van der Waals surface area contributed by atoms with Gasteiger partial charge in [0.05, 0.1) is 51.2 Å². The van der Waals surface area contributed by atoms with Gasteiger partial charge in [-0.15, -0.1) is 0 Å². The zero-order valence-corrected chi connectivity index (χ0v) is 29.5. The molecule has 6 aliphatic carbocycles. The lowest BCUT2D eigenvalue weighted by molar-refractivity contribution is -0.385. The molecule has 5 atom stereocenters.